The van der Waals surface area contributed by atoms with Crippen molar-refractivity contribution < 1.29 is 5.11 Å². The quantitative estimate of drug-likeness (QED) is 0.642. The first-order valence-electron chi connectivity index (χ1n) is 4.95. The standard InChI is InChI=1S/C10H23NO/c1-5-9(3)7-10(4,12)8-11-6-2/h9,11-12H,5-8H2,1-4H3. The molecule has 0 aliphatic carbocycles. The predicted molar refractivity (Wildman–Crippen MR) is 53.2 cm³/mol. The third-order valence-electron chi connectivity index (χ3n) is 2.24. The van der Waals surface area contributed by atoms with Crippen LogP contribution < -0.4 is 5.32 Å². The fourth-order valence-corrected chi connectivity index (χ4v) is 1.36. The van der Waals surface area contributed by atoms with E-state index in [0.29, 0.717) is 12.5 Å². The molecular weight excluding hydrogens is 150 g/mol. The average molecular weight is 173 g/mol. The molecule has 0 rings (SSSR count). The summed E-state index contributed by atoms with van der Waals surface area (Å²) in [6, 6.07) is 0. The summed E-state index contributed by atoms with van der Waals surface area (Å²) in [6.07, 6.45) is 2.03. The highest BCUT2D eigenvalue weighted by molar-refractivity contribution is 4.77. The lowest BCUT2D eigenvalue weighted by Gasteiger charge is -2.26. The number of aliphatic hydroxyl groups is 1. The Bertz CT molecular complexity index is 112. The summed E-state index contributed by atoms with van der Waals surface area (Å²) in [5, 5.41) is 13.1. The van der Waals surface area contributed by atoms with Crippen molar-refractivity contribution in [2.75, 3.05) is 13.1 Å². The number of rotatable bonds is 6. The fraction of sp³-hybridized carbons (Fsp3) is 1.00. The molecule has 0 aromatic carbocycles. The first-order chi connectivity index (χ1) is 5.52. The van der Waals surface area contributed by atoms with E-state index in [1.54, 1.807) is 0 Å². The van der Waals surface area contributed by atoms with Crippen LogP contribution in [0.25, 0.3) is 0 Å². The third-order valence-corrected chi connectivity index (χ3v) is 2.24. The van der Waals surface area contributed by atoms with Gasteiger partial charge in [-0.15, -0.1) is 0 Å². The molecule has 74 valence electrons. The molecule has 0 bridgehead atoms. The second kappa shape index (κ2) is 5.55. The third kappa shape index (κ3) is 5.56. The van der Waals surface area contributed by atoms with E-state index in [2.05, 4.69) is 26.1 Å². The number of likely N-dealkylation sites (N-methyl/N-ethyl adjacent to an activating group) is 1. The van der Waals surface area contributed by atoms with Gasteiger partial charge in [0.1, 0.15) is 0 Å². The molecule has 0 saturated carbocycles. The maximum atomic E-state index is 9.88. The zero-order valence-electron chi connectivity index (χ0n) is 8.85. The second-order valence-electron chi connectivity index (χ2n) is 3.99. The molecule has 2 unspecified atom stereocenters. The summed E-state index contributed by atoms with van der Waals surface area (Å²) in [4.78, 5) is 0. The molecule has 0 aliphatic heterocycles. The zero-order valence-corrected chi connectivity index (χ0v) is 8.85. The summed E-state index contributed by atoms with van der Waals surface area (Å²) < 4.78 is 0. The van der Waals surface area contributed by atoms with Gasteiger partial charge in [0.05, 0.1) is 5.60 Å². The van der Waals surface area contributed by atoms with Crippen molar-refractivity contribution in [3.8, 4) is 0 Å². The molecule has 2 atom stereocenters. The van der Waals surface area contributed by atoms with Crippen LogP contribution in [0.2, 0.25) is 0 Å². The van der Waals surface area contributed by atoms with Crippen molar-refractivity contribution >= 4 is 0 Å². The van der Waals surface area contributed by atoms with Crippen LogP contribution in [0.5, 0.6) is 0 Å². The maximum absolute atomic E-state index is 9.88. The number of hydrogen-bond acceptors (Lipinski definition) is 2. The van der Waals surface area contributed by atoms with Gasteiger partial charge < -0.3 is 10.4 Å². The van der Waals surface area contributed by atoms with Gasteiger partial charge in [0.15, 0.2) is 0 Å². The Labute approximate surface area is 76.4 Å². The molecule has 0 saturated heterocycles. The van der Waals surface area contributed by atoms with Gasteiger partial charge in [-0.1, -0.05) is 27.2 Å². The van der Waals surface area contributed by atoms with Crippen molar-refractivity contribution in [2.24, 2.45) is 5.92 Å². The maximum Gasteiger partial charge on any atom is 0.0746 e. The van der Waals surface area contributed by atoms with E-state index >= 15 is 0 Å². The van der Waals surface area contributed by atoms with Crippen molar-refractivity contribution in [3.63, 3.8) is 0 Å². The first kappa shape index (κ1) is 11.9. The van der Waals surface area contributed by atoms with Gasteiger partial charge in [-0.3, -0.25) is 0 Å². The predicted octanol–water partition coefficient (Wildman–Crippen LogP) is 1.78. The van der Waals surface area contributed by atoms with Gasteiger partial charge in [0, 0.05) is 6.54 Å². The molecule has 2 N–H and O–H groups in total. The Hall–Kier alpha value is -0.0800. The topological polar surface area (TPSA) is 32.3 Å². The summed E-state index contributed by atoms with van der Waals surface area (Å²) in [6.45, 7) is 9.93. The minimum atomic E-state index is -0.536. The van der Waals surface area contributed by atoms with Crippen LogP contribution in [0.15, 0.2) is 0 Å². The second-order valence-corrected chi connectivity index (χ2v) is 3.99. The highest BCUT2D eigenvalue weighted by atomic mass is 16.3. The molecule has 0 spiro atoms. The lowest BCUT2D eigenvalue weighted by atomic mass is 9.91. The smallest absolute Gasteiger partial charge is 0.0746 e. The normalized spacial score (nSPS) is 18.8. The van der Waals surface area contributed by atoms with Crippen LogP contribution >= 0.6 is 0 Å². The van der Waals surface area contributed by atoms with Crippen molar-refractivity contribution in [2.45, 2.75) is 46.1 Å². The Morgan fingerprint density at radius 3 is 2.42 bits per heavy atom. The van der Waals surface area contributed by atoms with E-state index in [1.807, 2.05) is 6.92 Å². The molecule has 0 aliphatic rings. The minimum Gasteiger partial charge on any atom is -0.389 e. The lowest BCUT2D eigenvalue weighted by Crippen LogP contribution is -2.39. The average Bonchev–Trinajstić information content (AvgIpc) is 2.00. The highest BCUT2D eigenvalue weighted by Gasteiger charge is 2.21. The van der Waals surface area contributed by atoms with Crippen LogP contribution in [-0.4, -0.2) is 23.8 Å². The van der Waals surface area contributed by atoms with Crippen LogP contribution in [0.3, 0.4) is 0 Å². The lowest BCUT2D eigenvalue weighted by molar-refractivity contribution is 0.0363. The van der Waals surface area contributed by atoms with Gasteiger partial charge in [0.2, 0.25) is 0 Å². The molecule has 0 heterocycles. The van der Waals surface area contributed by atoms with Crippen LogP contribution in [-0.2, 0) is 0 Å². The fourth-order valence-electron chi connectivity index (χ4n) is 1.36. The van der Waals surface area contributed by atoms with E-state index in [9.17, 15) is 5.11 Å². The Morgan fingerprint density at radius 2 is 2.00 bits per heavy atom. The monoisotopic (exact) mass is 173 g/mol. The Kier molecular flexibility index (Phi) is 5.51. The van der Waals surface area contributed by atoms with Crippen LogP contribution in [0.4, 0.5) is 0 Å². The SMILES string of the molecule is CCNCC(C)(O)CC(C)CC. The van der Waals surface area contributed by atoms with Gasteiger partial charge in [0.25, 0.3) is 0 Å². The van der Waals surface area contributed by atoms with E-state index < -0.39 is 5.60 Å². The number of hydrogen-bond donors (Lipinski definition) is 2. The van der Waals surface area contributed by atoms with Crippen molar-refractivity contribution in [1.82, 2.24) is 5.32 Å². The Morgan fingerprint density at radius 1 is 1.42 bits per heavy atom. The molecule has 0 amide bonds. The molecule has 0 aromatic heterocycles. The molecule has 2 nitrogen and oxygen atoms in total. The molecule has 12 heavy (non-hydrogen) atoms. The van der Waals surface area contributed by atoms with Gasteiger partial charge in [-0.25, -0.2) is 0 Å². The Balaban J connectivity index is 3.69. The van der Waals surface area contributed by atoms with Crippen LogP contribution in [0, 0.1) is 5.92 Å². The van der Waals surface area contributed by atoms with Crippen molar-refractivity contribution in [1.29, 1.82) is 0 Å². The highest BCUT2D eigenvalue weighted by Crippen LogP contribution is 2.17. The van der Waals surface area contributed by atoms with Gasteiger partial charge >= 0.3 is 0 Å². The van der Waals surface area contributed by atoms with E-state index in [0.717, 1.165) is 19.4 Å². The largest absolute Gasteiger partial charge is 0.389 e. The molecule has 0 fully saturated rings. The summed E-state index contributed by atoms with van der Waals surface area (Å²) in [5.41, 5.74) is -0.536. The van der Waals surface area contributed by atoms with E-state index in [4.69, 9.17) is 0 Å². The summed E-state index contributed by atoms with van der Waals surface area (Å²) in [7, 11) is 0. The summed E-state index contributed by atoms with van der Waals surface area (Å²) >= 11 is 0. The van der Waals surface area contributed by atoms with E-state index in [1.165, 1.54) is 0 Å². The molecular formula is C10H23NO. The molecule has 0 radical (unpaired) electrons. The van der Waals surface area contributed by atoms with Crippen LogP contribution in [0.1, 0.15) is 40.5 Å². The molecule has 0 aromatic rings. The zero-order chi connectivity index (χ0) is 9.61. The van der Waals surface area contributed by atoms with E-state index in [-0.39, 0.29) is 0 Å². The summed E-state index contributed by atoms with van der Waals surface area (Å²) in [5.74, 6) is 0.610. The van der Waals surface area contributed by atoms with Gasteiger partial charge in [-0.2, -0.15) is 0 Å². The molecule has 2 heteroatoms. The first-order valence-corrected chi connectivity index (χ1v) is 4.95. The minimum absolute atomic E-state index is 0.536. The number of nitrogens with one attached hydrogen (secondary N) is 1. The van der Waals surface area contributed by atoms with Gasteiger partial charge in [-0.05, 0) is 25.8 Å². The van der Waals surface area contributed by atoms with Crippen molar-refractivity contribution in [3.05, 3.63) is 0 Å².